The zero-order chi connectivity index (χ0) is 15.7. The van der Waals surface area contributed by atoms with Crippen LogP contribution in [0.4, 0.5) is 0 Å². The molecule has 0 bridgehead atoms. The average Bonchev–Trinajstić information content (AvgIpc) is 2.45. The Kier molecular flexibility index (Phi) is 8.40. The standard InChI is InChI=1S/C18H31NO2/c1-6-7-15(4)12-21-13-17-10-16(11-19-14(2)3)8-9-18(17)20-5/h8-10,14-15,19H,6-7,11-13H2,1-5H3. The molecular weight excluding hydrogens is 262 g/mol. The zero-order valence-electron chi connectivity index (χ0n) is 14.2. The van der Waals surface area contributed by atoms with Gasteiger partial charge in [-0.25, -0.2) is 0 Å². The quantitative estimate of drug-likeness (QED) is 0.703. The normalized spacial score (nSPS) is 12.7. The molecule has 3 nitrogen and oxygen atoms in total. The van der Waals surface area contributed by atoms with Crippen molar-refractivity contribution in [2.45, 2.75) is 59.7 Å². The van der Waals surface area contributed by atoms with Gasteiger partial charge in [-0.05, 0) is 30.0 Å². The Balaban J connectivity index is 2.58. The summed E-state index contributed by atoms with van der Waals surface area (Å²) in [4.78, 5) is 0. The zero-order valence-corrected chi connectivity index (χ0v) is 14.2. The van der Waals surface area contributed by atoms with Gasteiger partial charge in [0, 0.05) is 24.8 Å². The summed E-state index contributed by atoms with van der Waals surface area (Å²) in [5.74, 6) is 1.53. The van der Waals surface area contributed by atoms with Crippen LogP contribution in [0.5, 0.6) is 5.75 Å². The second-order valence-electron chi connectivity index (χ2n) is 6.09. The molecule has 0 aliphatic carbocycles. The van der Waals surface area contributed by atoms with Gasteiger partial charge < -0.3 is 14.8 Å². The van der Waals surface area contributed by atoms with Gasteiger partial charge in [0.25, 0.3) is 0 Å². The molecule has 1 aromatic carbocycles. The van der Waals surface area contributed by atoms with E-state index < -0.39 is 0 Å². The summed E-state index contributed by atoms with van der Waals surface area (Å²) >= 11 is 0. The Morgan fingerprint density at radius 2 is 1.95 bits per heavy atom. The summed E-state index contributed by atoms with van der Waals surface area (Å²) in [6, 6.07) is 6.81. The molecular formula is C18H31NO2. The summed E-state index contributed by atoms with van der Waals surface area (Å²) in [6.07, 6.45) is 2.43. The summed E-state index contributed by atoms with van der Waals surface area (Å²) in [5, 5.41) is 3.44. The van der Waals surface area contributed by atoms with Crippen LogP contribution in [0.3, 0.4) is 0 Å². The lowest BCUT2D eigenvalue weighted by Gasteiger charge is -2.15. The number of hydrogen-bond donors (Lipinski definition) is 1. The first-order valence-electron chi connectivity index (χ1n) is 8.03. The lowest BCUT2D eigenvalue weighted by molar-refractivity contribution is 0.0879. The highest BCUT2D eigenvalue weighted by molar-refractivity contribution is 5.36. The van der Waals surface area contributed by atoms with Crippen molar-refractivity contribution in [1.82, 2.24) is 5.32 Å². The third-order valence-electron chi connectivity index (χ3n) is 3.50. The van der Waals surface area contributed by atoms with Crippen molar-refractivity contribution in [3.8, 4) is 5.75 Å². The molecule has 1 rings (SSSR count). The molecule has 0 aliphatic heterocycles. The summed E-state index contributed by atoms with van der Waals surface area (Å²) in [5.41, 5.74) is 2.40. The van der Waals surface area contributed by atoms with Crippen LogP contribution in [0.2, 0.25) is 0 Å². The first-order valence-corrected chi connectivity index (χ1v) is 8.03. The monoisotopic (exact) mass is 293 g/mol. The molecule has 0 radical (unpaired) electrons. The highest BCUT2D eigenvalue weighted by Gasteiger charge is 2.07. The van der Waals surface area contributed by atoms with E-state index in [-0.39, 0.29) is 0 Å². The molecule has 120 valence electrons. The van der Waals surface area contributed by atoms with Crippen molar-refractivity contribution < 1.29 is 9.47 Å². The van der Waals surface area contributed by atoms with Gasteiger partial charge in [-0.3, -0.25) is 0 Å². The molecule has 21 heavy (non-hydrogen) atoms. The van der Waals surface area contributed by atoms with Crippen molar-refractivity contribution >= 4 is 0 Å². The summed E-state index contributed by atoms with van der Waals surface area (Å²) in [6.45, 7) is 11.1. The maximum absolute atomic E-state index is 5.86. The predicted molar refractivity (Wildman–Crippen MR) is 88.7 cm³/mol. The number of hydrogen-bond acceptors (Lipinski definition) is 3. The van der Waals surface area contributed by atoms with E-state index in [0.717, 1.165) is 24.5 Å². The molecule has 0 heterocycles. The van der Waals surface area contributed by atoms with Crippen LogP contribution in [0.15, 0.2) is 18.2 Å². The number of nitrogens with one attached hydrogen (secondary N) is 1. The van der Waals surface area contributed by atoms with E-state index in [1.165, 1.54) is 18.4 Å². The van der Waals surface area contributed by atoms with Gasteiger partial charge in [0.05, 0.1) is 13.7 Å². The minimum absolute atomic E-state index is 0.488. The Morgan fingerprint density at radius 3 is 2.57 bits per heavy atom. The van der Waals surface area contributed by atoms with Gasteiger partial charge in [0.1, 0.15) is 5.75 Å². The maximum atomic E-state index is 5.86. The Morgan fingerprint density at radius 1 is 1.19 bits per heavy atom. The Bertz CT molecular complexity index is 404. The van der Waals surface area contributed by atoms with Crippen LogP contribution in [0.1, 0.15) is 51.7 Å². The first kappa shape index (κ1) is 18.0. The summed E-state index contributed by atoms with van der Waals surface area (Å²) in [7, 11) is 1.71. The molecule has 3 heteroatoms. The van der Waals surface area contributed by atoms with E-state index >= 15 is 0 Å². The van der Waals surface area contributed by atoms with E-state index in [2.05, 4.69) is 45.1 Å². The van der Waals surface area contributed by atoms with Gasteiger partial charge in [-0.1, -0.05) is 40.2 Å². The molecule has 0 spiro atoms. The van der Waals surface area contributed by atoms with E-state index in [1.807, 2.05) is 6.07 Å². The maximum Gasteiger partial charge on any atom is 0.124 e. The van der Waals surface area contributed by atoms with Crippen molar-refractivity contribution in [3.63, 3.8) is 0 Å². The fraction of sp³-hybridized carbons (Fsp3) is 0.667. The molecule has 1 unspecified atom stereocenters. The Labute approximate surface area is 130 Å². The smallest absolute Gasteiger partial charge is 0.124 e. The van der Waals surface area contributed by atoms with Crippen LogP contribution < -0.4 is 10.1 Å². The fourth-order valence-electron chi connectivity index (χ4n) is 2.32. The molecule has 0 fully saturated rings. The fourth-order valence-corrected chi connectivity index (χ4v) is 2.32. The van der Waals surface area contributed by atoms with Gasteiger partial charge in [0.15, 0.2) is 0 Å². The second kappa shape index (κ2) is 9.80. The van der Waals surface area contributed by atoms with Gasteiger partial charge in [-0.2, -0.15) is 0 Å². The number of rotatable bonds is 10. The highest BCUT2D eigenvalue weighted by atomic mass is 16.5. The van der Waals surface area contributed by atoms with Crippen LogP contribution in [0, 0.1) is 5.92 Å². The molecule has 1 N–H and O–H groups in total. The molecule has 0 aliphatic rings. The largest absolute Gasteiger partial charge is 0.496 e. The van der Waals surface area contributed by atoms with Crippen molar-refractivity contribution in [2.24, 2.45) is 5.92 Å². The summed E-state index contributed by atoms with van der Waals surface area (Å²) < 4.78 is 11.3. The molecule has 0 saturated heterocycles. The van der Waals surface area contributed by atoms with Crippen molar-refractivity contribution in [1.29, 1.82) is 0 Å². The predicted octanol–water partition coefficient (Wildman–Crippen LogP) is 4.15. The van der Waals surface area contributed by atoms with Gasteiger partial charge in [0.2, 0.25) is 0 Å². The van der Waals surface area contributed by atoms with Crippen LogP contribution in [-0.2, 0) is 17.9 Å². The number of ether oxygens (including phenoxy) is 2. The van der Waals surface area contributed by atoms with Crippen LogP contribution >= 0.6 is 0 Å². The lowest BCUT2D eigenvalue weighted by Crippen LogP contribution is -2.21. The third kappa shape index (κ3) is 6.96. The minimum atomic E-state index is 0.488. The average molecular weight is 293 g/mol. The Hall–Kier alpha value is -1.06. The number of benzene rings is 1. The molecule has 1 aromatic rings. The molecule has 0 aromatic heterocycles. The first-order chi connectivity index (χ1) is 10.1. The topological polar surface area (TPSA) is 30.5 Å². The molecule has 0 amide bonds. The SMILES string of the molecule is CCCC(C)COCc1cc(CNC(C)C)ccc1OC. The van der Waals surface area contributed by atoms with Crippen LogP contribution in [0.25, 0.3) is 0 Å². The highest BCUT2D eigenvalue weighted by Crippen LogP contribution is 2.21. The minimum Gasteiger partial charge on any atom is -0.496 e. The van der Waals surface area contributed by atoms with Crippen molar-refractivity contribution in [3.05, 3.63) is 29.3 Å². The van der Waals surface area contributed by atoms with Crippen molar-refractivity contribution in [2.75, 3.05) is 13.7 Å². The van der Waals surface area contributed by atoms with Gasteiger partial charge >= 0.3 is 0 Å². The number of methoxy groups -OCH3 is 1. The molecule has 0 saturated carbocycles. The van der Waals surface area contributed by atoms with Gasteiger partial charge in [-0.15, -0.1) is 0 Å². The molecule has 1 atom stereocenters. The lowest BCUT2D eigenvalue weighted by atomic mass is 10.1. The van der Waals surface area contributed by atoms with E-state index in [1.54, 1.807) is 7.11 Å². The third-order valence-corrected chi connectivity index (χ3v) is 3.50. The van der Waals surface area contributed by atoms with E-state index in [9.17, 15) is 0 Å². The van der Waals surface area contributed by atoms with Crippen LogP contribution in [-0.4, -0.2) is 19.8 Å². The van der Waals surface area contributed by atoms with E-state index in [0.29, 0.717) is 18.6 Å². The van der Waals surface area contributed by atoms with E-state index in [4.69, 9.17) is 9.47 Å². The second-order valence-corrected chi connectivity index (χ2v) is 6.09.